The lowest BCUT2D eigenvalue weighted by Crippen LogP contribution is -2.41. The van der Waals surface area contributed by atoms with E-state index in [2.05, 4.69) is 4.90 Å². The Bertz CT molecular complexity index is 530. The molecule has 0 amide bonds. The van der Waals surface area contributed by atoms with E-state index in [1.165, 1.54) is 18.2 Å². The number of halogens is 1. The second kappa shape index (κ2) is 7.33. The first-order valence-electron chi connectivity index (χ1n) is 7.14. The Labute approximate surface area is 123 Å². The summed E-state index contributed by atoms with van der Waals surface area (Å²) in [5, 5.41) is 18.0. The van der Waals surface area contributed by atoms with Crippen LogP contribution in [0.1, 0.15) is 30.4 Å². The van der Waals surface area contributed by atoms with Crippen molar-refractivity contribution in [3.63, 3.8) is 0 Å². The lowest BCUT2D eigenvalue weighted by Gasteiger charge is -2.34. The van der Waals surface area contributed by atoms with Crippen molar-refractivity contribution in [2.24, 2.45) is 0 Å². The largest absolute Gasteiger partial charge is 0.478 e. The molecule has 1 heterocycles. The SMILES string of the molecule is O=C(O)C=Cc1cc(F)cc(CN2CCCCC2CO)c1. The van der Waals surface area contributed by atoms with Gasteiger partial charge in [-0.05, 0) is 48.7 Å². The molecule has 1 atom stereocenters. The van der Waals surface area contributed by atoms with Crippen LogP contribution in [0.25, 0.3) is 6.08 Å². The molecule has 1 aromatic rings. The molecule has 2 rings (SSSR count). The Hall–Kier alpha value is -1.72. The van der Waals surface area contributed by atoms with Crippen molar-refractivity contribution in [2.75, 3.05) is 13.2 Å². The average molecular weight is 293 g/mol. The molecule has 1 unspecified atom stereocenters. The Morgan fingerprint density at radius 3 is 2.90 bits per heavy atom. The van der Waals surface area contributed by atoms with E-state index in [4.69, 9.17) is 5.11 Å². The van der Waals surface area contributed by atoms with Crippen LogP contribution in [0.5, 0.6) is 0 Å². The van der Waals surface area contributed by atoms with E-state index in [0.717, 1.165) is 37.4 Å². The Kier molecular flexibility index (Phi) is 5.47. The van der Waals surface area contributed by atoms with E-state index in [-0.39, 0.29) is 18.5 Å². The number of nitrogens with zero attached hydrogens (tertiary/aromatic N) is 1. The van der Waals surface area contributed by atoms with E-state index in [1.807, 2.05) is 0 Å². The number of carbonyl (C=O) groups is 1. The maximum absolute atomic E-state index is 13.6. The van der Waals surface area contributed by atoms with Crippen molar-refractivity contribution in [3.05, 3.63) is 41.2 Å². The average Bonchev–Trinajstić information content (AvgIpc) is 2.45. The summed E-state index contributed by atoms with van der Waals surface area (Å²) in [7, 11) is 0. The fourth-order valence-electron chi connectivity index (χ4n) is 2.74. The summed E-state index contributed by atoms with van der Waals surface area (Å²) in [5.41, 5.74) is 1.32. The van der Waals surface area contributed by atoms with Gasteiger partial charge in [0.2, 0.25) is 0 Å². The Morgan fingerprint density at radius 1 is 1.38 bits per heavy atom. The van der Waals surface area contributed by atoms with Crippen molar-refractivity contribution in [1.82, 2.24) is 4.90 Å². The predicted octanol–water partition coefficient (Wildman–Crippen LogP) is 2.27. The van der Waals surface area contributed by atoms with Crippen LogP contribution in [0.15, 0.2) is 24.3 Å². The maximum Gasteiger partial charge on any atom is 0.328 e. The molecule has 0 spiro atoms. The number of carboxylic acid groups (broad SMARTS) is 1. The molecule has 1 saturated heterocycles. The summed E-state index contributed by atoms with van der Waals surface area (Å²) in [6, 6.07) is 4.68. The van der Waals surface area contributed by atoms with Crippen molar-refractivity contribution >= 4 is 12.0 Å². The molecule has 0 aliphatic carbocycles. The van der Waals surface area contributed by atoms with Crippen LogP contribution in [-0.2, 0) is 11.3 Å². The highest BCUT2D eigenvalue weighted by Crippen LogP contribution is 2.20. The number of carboxylic acids is 1. The van der Waals surface area contributed by atoms with Gasteiger partial charge in [0.1, 0.15) is 5.82 Å². The lowest BCUT2D eigenvalue weighted by molar-refractivity contribution is -0.131. The summed E-state index contributed by atoms with van der Waals surface area (Å²) in [5.74, 6) is -1.44. The van der Waals surface area contributed by atoms with Gasteiger partial charge in [-0.25, -0.2) is 9.18 Å². The van der Waals surface area contributed by atoms with Crippen LogP contribution >= 0.6 is 0 Å². The van der Waals surface area contributed by atoms with Gasteiger partial charge in [-0.1, -0.05) is 12.5 Å². The quantitative estimate of drug-likeness (QED) is 0.818. The summed E-state index contributed by atoms with van der Waals surface area (Å²) in [6.07, 6.45) is 5.53. The van der Waals surface area contributed by atoms with E-state index >= 15 is 0 Å². The van der Waals surface area contributed by atoms with Gasteiger partial charge < -0.3 is 10.2 Å². The Morgan fingerprint density at radius 2 is 2.19 bits per heavy atom. The third-order valence-electron chi connectivity index (χ3n) is 3.74. The molecule has 0 radical (unpaired) electrons. The smallest absolute Gasteiger partial charge is 0.328 e. The van der Waals surface area contributed by atoms with Crippen molar-refractivity contribution in [3.8, 4) is 0 Å². The lowest BCUT2D eigenvalue weighted by atomic mass is 10.0. The first-order chi connectivity index (χ1) is 10.1. The molecule has 21 heavy (non-hydrogen) atoms. The number of hydrogen-bond acceptors (Lipinski definition) is 3. The van der Waals surface area contributed by atoms with Crippen LogP contribution in [-0.4, -0.2) is 40.3 Å². The molecule has 0 bridgehead atoms. The summed E-state index contributed by atoms with van der Waals surface area (Å²) < 4.78 is 13.6. The zero-order chi connectivity index (χ0) is 15.2. The second-order valence-corrected chi connectivity index (χ2v) is 5.37. The highest BCUT2D eigenvalue weighted by Gasteiger charge is 2.21. The summed E-state index contributed by atoms with van der Waals surface area (Å²) in [4.78, 5) is 12.7. The van der Waals surface area contributed by atoms with Crippen molar-refractivity contribution < 1.29 is 19.4 Å². The molecule has 114 valence electrons. The topological polar surface area (TPSA) is 60.8 Å². The summed E-state index contributed by atoms with van der Waals surface area (Å²) in [6.45, 7) is 1.57. The fraction of sp³-hybridized carbons (Fsp3) is 0.438. The second-order valence-electron chi connectivity index (χ2n) is 5.37. The zero-order valence-electron chi connectivity index (χ0n) is 11.8. The number of aliphatic hydroxyl groups is 1. The number of aliphatic carboxylic acids is 1. The van der Waals surface area contributed by atoms with Crippen molar-refractivity contribution in [2.45, 2.75) is 31.8 Å². The van der Waals surface area contributed by atoms with Gasteiger partial charge in [-0.3, -0.25) is 4.90 Å². The van der Waals surface area contributed by atoms with Crippen LogP contribution in [0.2, 0.25) is 0 Å². The highest BCUT2D eigenvalue weighted by molar-refractivity contribution is 5.85. The normalized spacial score (nSPS) is 20.0. The van der Waals surface area contributed by atoms with E-state index in [9.17, 15) is 14.3 Å². The standard InChI is InChI=1S/C16H20FNO3/c17-14-8-12(4-5-16(20)21)7-13(9-14)10-18-6-2-1-3-15(18)11-19/h4-5,7-9,15,19H,1-3,6,10-11H2,(H,20,21). The summed E-state index contributed by atoms with van der Waals surface area (Å²) >= 11 is 0. The minimum atomic E-state index is -1.06. The monoisotopic (exact) mass is 293 g/mol. The number of piperidine rings is 1. The van der Waals surface area contributed by atoms with Crippen LogP contribution in [0.4, 0.5) is 4.39 Å². The van der Waals surface area contributed by atoms with Crippen LogP contribution < -0.4 is 0 Å². The number of aliphatic hydroxyl groups excluding tert-OH is 1. The zero-order valence-corrected chi connectivity index (χ0v) is 11.8. The van der Waals surface area contributed by atoms with Gasteiger partial charge in [0, 0.05) is 18.7 Å². The molecule has 1 aliphatic heterocycles. The third-order valence-corrected chi connectivity index (χ3v) is 3.74. The molecule has 4 nitrogen and oxygen atoms in total. The molecule has 0 aromatic heterocycles. The van der Waals surface area contributed by atoms with Crippen LogP contribution in [0.3, 0.4) is 0 Å². The van der Waals surface area contributed by atoms with Crippen LogP contribution in [0, 0.1) is 5.82 Å². The van der Waals surface area contributed by atoms with Gasteiger partial charge in [0.05, 0.1) is 6.61 Å². The molecular formula is C16H20FNO3. The number of hydrogen-bond donors (Lipinski definition) is 2. The fourth-order valence-corrected chi connectivity index (χ4v) is 2.74. The van der Waals surface area contributed by atoms with E-state index < -0.39 is 5.97 Å². The number of rotatable bonds is 5. The predicted molar refractivity (Wildman–Crippen MR) is 78.2 cm³/mol. The molecule has 1 aromatic carbocycles. The maximum atomic E-state index is 13.6. The van der Waals surface area contributed by atoms with Gasteiger partial charge in [-0.15, -0.1) is 0 Å². The molecular weight excluding hydrogens is 273 g/mol. The minimum Gasteiger partial charge on any atom is -0.478 e. The number of likely N-dealkylation sites (tertiary alicyclic amines) is 1. The highest BCUT2D eigenvalue weighted by atomic mass is 19.1. The molecule has 0 saturated carbocycles. The Balaban J connectivity index is 2.13. The molecule has 2 N–H and O–H groups in total. The molecule has 5 heteroatoms. The van der Waals surface area contributed by atoms with E-state index in [1.54, 1.807) is 6.07 Å². The molecule has 1 fully saturated rings. The van der Waals surface area contributed by atoms with Crippen molar-refractivity contribution in [1.29, 1.82) is 0 Å². The first-order valence-corrected chi connectivity index (χ1v) is 7.14. The van der Waals surface area contributed by atoms with Gasteiger partial charge in [-0.2, -0.15) is 0 Å². The van der Waals surface area contributed by atoms with Gasteiger partial charge in [0.25, 0.3) is 0 Å². The van der Waals surface area contributed by atoms with Gasteiger partial charge in [0.15, 0.2) is 0 Å². The van der Waals surface area contributed by atoms with E-state index in [0.29, 0.717) is 12.1 Å². The van der Waals surface area contributed by atoms with Gasteiger partial charge >= 0.3 is 5.97 Å². The molecule has 1 aliphatic rings. The minimum absolute atomic E-state index is 0.112. The third kappa shape index (κ3) is 4.65. The number of benzene rings is 1. The first kappa shape index (κ1) is 15.7.